The van der Waals surface area contributed by atoms with Crippen molar-refractivity contribution in [3.05, 3.63) is 40.5 Å². The maximum atomic E-state index is 12.0. The molecule has 0 atom stereocenters. The molecule has 0 saturated carbocycles. The van der Waals surface area contributed by atoms with E-state index in [1.54, 1.807) is 31.4 Å². The lowest BCUT2D eigenvalue weighted by Gasteiger charge is -2.05. The number of methoxy groups -OCH3 is 1. The van der Waals surface area contributed by atoms with Crippen LogP contribution in [0.4, 0.5) is 5.69 Å². The van der Waals surface area contributed by atoms with Crippen LogP contribution in [0.2, 0.25) is 0 Å². The number of carbonyl (C=O) groups is 1. The molecule has 1 amide bonds. The molecule has 2 heterocycles. The van der Waals surface area contributed by atoms with Gasteiger partial charge in [-0.05, 0) is 53.2 Å². The average Bonchev–Trinajstić information content (AvgIpc) is 2.96. The van der Waals surface area contributed by atoms with Crippen molar-refractivity contribution in [2.45, 2.75) is 12.1 Å². The molecule has 0 bridgehead atoms. The number of benzene rings is 1. The highest BCUT2D eigenvalue weighted by Gasteiger charge is 2.10. The lowest BCUT2D eigenvalue weighted by molar-refractivity contribution is -0.113. The SMILES string of the molecule is COc1ccc(NC(=O)CSc2nc3nc(C)c(Br)cc3[nH]2)cc1. The summed E-state index contributed by atoms with van der Waals surface area (Å²) in [5.41, 5.74) is 3.09. The number of pyridine rings is 1. The topological polar surface area (TPSA) is 79.9 Å². The van der Waals surface area contributed by atoms with Crippen molar-refractivity contribution in [1.29, 1.82) is 0 Å². The molecular weight excluding hydrogens is 392 g/mol. The predicted molar refractivity (Wildman–Crippen MR) is 98.7 cm³/mol. The Morgan fingerprint density at radius 1 is 1.33 bits per heavy atom. The van der Waals surface area contributed by atoms with E-state index in [1.807, 2.05) is 13.0 Å². The first-order chi connectivity index (χ1) is 11.5. The summed E-state index contributed by atoms with van der Waals surface area (Å²) < 4.78 is 6.01. The molecule has 0 fully saturated rings. The molecule has 8 heteroatoms. The van der Waals surface area contributed by atoms with Gasteiger partial charge < -0.3 is 15.0 Å². The number of nitrogens with one attached hydrogen (secondary N) is 2. The van der Waals surface area contributed by atoms with Crippen molar-refractivity contribution in [2.75, 3.05) is 18.2 Å². The number of thioether (sulfide) groups is 1. The third-order valence-corrected chi connectivity index (χ3v) is 4.97. The van der Waals surface area contributed by atoms with E-state index in [2.05, 4.69) is 36.2 Å². The van der Waals surface area contributed by atoms with Crippen LogP contribution in [0.5, 0.6) is 5.75 Å². The second-order valence-electron chi connectivity index (χ2n) is 5.03. The number of nitrogens with zero attached hydrogens (tertiary/aromatic N) is 2. The second-order valence-corrected chi connectivity index (χ2v) is 6.85. The number of rotatable bonds is 5. The minimum absolute atomic E-state index is 0.101. The largest absolute Gasteiger partial charge is 0.497 e. The van der Waals surface area contributed by atoms with E-state index in [-0.39, 0.29) is 11.7 Å². The molecular formula is C16H15BrN4O2S. The van der Waals surface area contributed by atoms with E-state index in [0.717, 1.165) is 27.1 Å². The third-order valence-electron chi connectivity index (χ3n) is 3.29. The first-order valence-corrected chi connectivity index (χ1v) is 8.92. The minimum Gasteiger partial charge on any atom is -0.497 e. The maximum absolute atomic E-state index is 12.0. The second kappa shape index (κ2) is 7.23. The van der Waals surface area contributed by atoms with Crippen LogP contribution < -0.4 is 10.1 Å². The van der Waals surface area contributed by atoms with Gasteiger partial charge in [0, 0.05) is 10.2 Å². The number of aromatic amines is 1. The molecule has 6 nitrogen and oxygen atoms in total. The van der Waals surface area contributed by atoms with Crippen molar-refractivity contribution in [2.24, 2.45) is 0 Å². The first kappa shape index (κ1) is 16.8. The fourth-order valence-corrected chi connectivity index (χ4v) is 3.05. The number of H-pyrrole nitrogens is 1. The Hall–Kier alpha value is -2.06. The molecule has 0 aliphatic rings. The summed E-state index contributed by atoms with van der Waals surface area (Å²) in [7, 11) is 1.60. The van der Waals surface area contributed by atoms with Crippen LogP contribution in [0.1, 0.15) is 5.69 Å². The van der Waals surface area contributed by atoms with E-state index in [9.17, 15) is 4.79 Å². The Labute approximate surface area is 151 Å². The van der Waals surface area contributed by atoms with Gasteiger partial charge in [0.2, 0.25) is 5.91 Å². The van der Waals surface area contributed by atoms with Crippen molar-refractivity contribution >= 4 is 50.5 Å². The Balaban J connectivity index is 1.61. The zero-order chi connectivity index (χ0) is 17.1. The number of imidazole rings is 1. The highest BCUT2D eigenvalue weighted by atomic mass is 79.9. The number of halogens is 1. The minimum atomic E-state index is -0.101. The summed E-state index contributed by atoms with van der Waals surface area (Å²) >= 11 is 4.78. The zero-order valence-electron chi connectivity index (χ0n) is 13.1. The molecule has 2 aromatic heterocycles. The van der Waals surface area contributed by atoms with Gasteiger partial charge in [-0.1, -0.05) is 11.8 Å². The molecule has 24 heavy (non-hydrogen) atoms. The van der Waals surface area contributed by atoms with Gasteiger partial charge in [-0.3, -0.25) is 4.79 Å². The number of hydrogen-bond acceptors (Lipinski definition) is 5. The quantitative estimate of drug-likeness (QED) is 0.630. The van der Waals surface area contributed by atoms with Gasteiger partial charge in [0.1, 0.15) is 5.75 Å². The number of fused-ring (bicyclic) bond motifs is 1. The van der Waals surface area contributed by atoms with E-state index in [1.165, 1.54) is 11.8 Å². The number of anilines is 1. The van der Waals surface area contributed by atoms with Gasteiger partial charge in [-0.2, -0.15) is 0 Å². The van der Waals surface area contributed by atoms with E-state index >= 15 is 0 Å². The molecule has 124 valence electrons. The predicted octanol–water partition coefficient (Wildman–Crippen LogP) is 3.77. The van der Waals surface area contributed by atoms with Gasteiger partial charge in [0.05, 0.1) is 24.1 Å². The van der Waals surface area contributed by atoms with E-state index in [4.69, 9.17) is 4.74 Å². The zero-order valence-corrected chi connectivity index (χ0v) is 15.5. The number of carbonyl (C=O) groups excluding carboxylic acids is 1. The van der Waals surface area contributed by atoms with Crippen LogP contribution in [0, 0.1) is 6.92 Å². The van der Waals surface area contributed by atoms with Gasteiger partial charge in [-0.15, -0.1) is 0 Å². The molecule has 2 N–H and O–H groups in total. The van der Waals surface area contributed by atoms with Crippen LogP contribution >= 0.6 is 27.7 Å². The normalized spacial score (nSPS) is 10.8. The van der Waals surface area contributed by atoms with Crippen LogP contribution in [-0.2, 0) is 4.79 Å². The van der Waals surface area contributed by atoms with Gasteiger partial charge in [0.15, 0.2) is 10.8 Å². The Bertz CT molecular complexity index is 841. The molecule has 3 aromatic rings. The Morgan fingerprint density at radius 3 is 2.79 bits per heavy atom. The number of ether oxygens (including phenoxy) is 1. The van der Waals surface area contributed by atoms with E-state index in [0.29, 0.717) is 10.8 Å². The van der Waals surface area contributed by atoms with E-state index < -0.39 is 0 Å². The summed E-state index contributed by atoms with van der Waals surface area (Å²) in [5, 5.41) is 3.50. The van der Waals surface area contributed by atoms with Crippen molar-refractivity contribution in [3.63, 3.8) is 0 Å². The smallest absolute Gasteiger partial charge is 0.234 e. The van der Waals surface area contributed by atoms with Crippen LogP contribution in [0.25, 0.3) is 11.2 Å². The highest BCUT2D eigenvalue weighted by Crippen LogP contribution is 2.23. The molecule has 0 unspecified atom stereocenters. The Kier molecular flexibility index (Phi) is 5.06. The standard InChI is InChI=1S/C16H15BrN4O2S/c1-9-12(17)7-13-15(18-9)21-16(20-13)24-8-14(22)19-10-3-5-11(23-2)6-4-10/h3-7H,8H2,1-2H3,(H,19,22)(H,18,20,21). The van der Waals surface area contributed by atoms with Crippen LogP contribution in [-0.4, -0.2) is 33.7 Å². The lowest BCUT2D eigenvalue weighted by atomic mass is 10.3. The Morgan fingerprint density at radius 2 is 2.08 bits per heavy atom. The summed E-state index contributed by atoms with van der Waals surface area (Å²) in [6, 6.07) is 9.13. The molecule has 1 aromatic carbocycles. The maximum Gasteiger partial charge on any atom is 0.234 e. The van der Waals surface area contributed by atoms with Gasteiger partial charge in [-0.25, -0.2) is 9.97 Å². The van der Waals surface area contributed by atoms with Gasteiger partial charge >= 0.3 is 0 Å². The summed E-state index contributed by atoms with van der Waals surface area (Å²) in [4.78, 5) is 24.0. The highest BCUT2D eigenvalue weighted by molar-refractivity contribution is 9.10. The van der Waals surface area contributed by atoms with Crippen LogP contribution in [0.3, 0.4) is 0 Å². The van der Waals surface area contributed by atoms with Crippen molar-refractivity contribution in [3.8, 4) is 5.75 Å². The number of hydrogen-bond donors (Lipinski definition) is 2. The van der Waals surface area contributed by atoms with Crippen molar-refractivity contribution in [1.82, 2.24) is 15.0 Å². The van der Waals surface area contributed by atoms with Gasteiger partial charge in [0.25, 0.3) is 0 Å². The molecule has 0 radical (unpaired) electrons. The third kappa shape index (κ3) is 3.88. The van der Waals surface area contributed by atoms with Crippen molar-refractivity contribution < 1.29 is 9.53 Å². The molecule has 0 saturated heterocycles. The molecule has 0 aliphatic carbocycles. The van der Waals surface area contributed by atoms with Crippen LogP contribution in [0.15, 0.2) is 40.0 Å². The fraction of sp³-hybridized carbons (Fsp3) is 0.188. The number of aromatic nitrogens is 3. The summed E-state index contributed by atoms with van der Waals surface area (Å²) in [5.74, 6) is 0.904. The average molecular weight is 407 g/mol. The first-order valence-electron chi connectivity index (χ1n) is 7.14. The molecule has 0 spiro atoms. The monoisotopic (exact) mass is 406 g/mol. The summed E-state index contributed by atoms with van der Waals surface area (Å²) in [6.45, 7) is 1.91. The molecule has 3 rings (SSSR count). The fourth-order valence-electron chi connectivity index (χ4n) is 2.06. The summed E-state index contributed by atoms with van der Waals surface area (Å²) in [6.07, 6.45) is 0. The number of aryl methyl sites for hydroxylation is 1. The molecule has 0 aliphatic heterocycles. The number of amides is 1. The lowest BCUT2D eigenvalue weighted by Crippen LogP contribution is -2.14.